The van der Waals surface area contributed by atoms with Crippen LogP contribution in [0.4, 0.5) is 10.1 Å². The molecule has 3 aromatic rings. The van der Waals surface area contributed by atoms with Crippen LogP contribution in [-0.2, 0) is 11.8 Å². The second-order valence-corrected chi connectivity index (χ2v) is 6.76. The zero-order valence-corrected chi connectivity index (χ0v) is 14.8. The van der Waals surface area contributed by atoms with E-state index in [-0.39, 0.29) is 17.6 Å². The van der Waals surface area contributed by atoms with Gasteiger partial charge in [-0.15, -0.1) is 10.2 Å². The van der Waals surface area contributed by atoms with Crippen molar-refractivity contribution in [3.63, 3.8) is 0 Å². The van der Waals surface area contributed by atoms with E-state index in [0.29, 0.717) is 41.9 Å². The fourth-order valence-electron chi connectivity index (χ4n) is 3.18. The highest BCUT2D eigenvalue weighted by Gasteiger charge is 2.31. The molecule has 0 saturated carbocycles. The van der Waals surface area contributed by atoms with Gasteiger partial charge in [-0.05, 0) is 30.7 Å². The minimum absolute atomic E-state index is 0.0409. The van der Waals surface area contributed by atoms with Gasteiger partial charge in [0.05, 0.1) is 10.9 Å². The highest BCUT2D eigenvalue weighted by Crippen LogP contribution is 2.32. The zero-order chi connectivity index (χ0) is 18.3. The number of rotatable bonds is 3. The lowest BCUT2D eigenvalue weighted by Crippen LogP contribution is -2.39. The first-order valence-corrected chi connectivity index (χ1v) is 8.60. The van der Waals surface area contributed by atoms with Crippen LogP contribution in [0.1, 0.15) is 24.7 Å². The normalized spacial score (nSPS) is 17.7. The highest BCUT2D eigenvalue weighted by atomic mass is 35.5. The number of benzene rings is 1. The maximum atomic E-state index is 13.5. The number of carbonyl (C=O) groups excluding carboxylic acids is 1. The van der Waals surface area contributed by atoms with Crippen molar-refractivity contribution in [3.05, 3.63) is 53.3 Å². The smallest absolute Gasteiger partial charge is 0.264 e. The Morgan fingerprint density at radius 2 is 2.15 bits per heavy atom. The summed E-state index contributed by atoms with van der Waals surface area (Å²) in [6.07, 6.45) is 2.71. The number of piperidine rings is 1. The Bertz CT molecular complexity index is 968. The van der Waals surface area contributed by atoms with Gasteiger partial charge in [0.15, 0.2) is 0 Å². The zero-order valence-electron chi connectivity index (χ0n) is 14.0. The average molecular weight is 375 g/mol. The largest absolute Gasteiger partial charge is 0.419 e. The van der Waals surface area contributed by atoms with Crippen LogP contribution >= 0.6 is 11.6 Å². The molecule has 1 unspecified atom stereocenters. The molecule has 6 nitrogen and oxygen atoms in total. The van der Waals surface area contributed by atoms with E-state index in [2.05, 4.69) is 10.2 Å². The molecule has 0 bridgehead atoms. The molecule has 134 valence electrons. The average Bonchev–Trinajstić information content (AvgIpc) is 3.21. The summed E-state index contributed by atoms with van der Waals surface area (Å²) in [5, 5.41) is 8.85. The summed E-state index contributed by atoms with van der Waals surface area (Å²) in [5.41, 5.74) is 1.26. The number of amides is 1. The monoisotopic (exact) mass is 374 g/mol. The third kappa shape index (κ3) is 3.10. The third-order valence-electron chi connectivity index (χ3n) is 4.51. The van der Waals surface area contributed by atoms with Crippen LogP contribution in [0.5, 0.6) is 0 Å². The van der Waals surface area contributed by atoms with Crippen LogP contribution in [0.3, 0.4) is 0 Å². The molecule has 1 aromatic carbocycles. The molecule has 1 aliphatic rings. The van der Waals surface area contributed by atoms with Crippen molar-refractivity contribution in [1.29, 1.82) is 0 Å². The summed E-state index contributed by atoms with van der Waals surface area (Å²) in [6, 6.07) is 7.76. The molecule has 0 spiro atoms. The number of aromatic nitrogens is 3. The molecule has 1 fully saturated rings. The van der Waals surface area contributed by atoms with E-state index in [1.807, 2.05) is 11.6 Å². The van der Waals surface area contributed by atoms with Crippen molar-refractivity contribution < 1.29 is 13.6 Å². The second-order valence-electron chi connectivity index (χ2n) is 6.32. The number of anilines is 1. The van der Waals surface area contributed by atoms with E-state index < -0.39 is 0 Å². The van der Waals surface area contributed by atoms with E-state index in [1.165, 1.54) is 12.1 Å². The second kappa shape index (κ2) is 6.57. The summed E-state index contributed by atoms with van der Waals surface area (Å²) in [6.45, 7) is 0.373. The first kappa shape index (κ1) is 16.8. The van der Waals surface area contributed by atoms with E-state index in [9.17, 15) is 9.18 Å². The van der Waals surface area contributed by atoms with Gasteiger partial charge < -0.3 is 13.9 Å². The molecule has 8 heteroatoms. The van der Waals surface area contributed by atoms with Gasteiger partial charge in [-0.1, -0.05) is 17.7 Å². The minimum Gasteiger partial charge on any atom is -0.419 e. The van der Waals surface area contributed by atoms with Gasteiger partial charge in [-0.3, -0.25) is 4.79 Å². The maximum Gasteiger partial charge on any atom is 0.264 e. The predicted molar refractivity (Wildman–Crippen MR) is 94.4 cm³/mol. The Morgan fingerprint density at radius 3 is 2.88 bits per heavy atom. The van der Waals surface area contributed by atoms with Crippen LogP contribution in [0.15, 0.2) is 40.9 Å². The van der Waals surface area contributed by atoms with Crippen LogP contribution in [-0.4, -0.2) is 27.2 Å². The van der Waals surface area contributed by atoms with E-state index in [1.54, 1.807) is 29.3 Å². The topological polar surface area (TPSA) is 64.2 Å². The number of nitrogens with zero attached hydrogens (tertiary/aromatic N) is 4. The lowest BCUT2D eigenvalue weighted by molar-refractivity contribution is -0.119. The molecular formula is C18H16ClFN4O2. The number of halogens is 2. The molecule has 1 aliphatic heterocycles. The number of carbonyl (C=O) groups is 1. The highest BCUT2D eigenvalue weighted by molar-refractivity contribution is 6.30. The van der Waals surface area contributed by atoms with Crippen LogP contribution < -0.4 is 4.90 Å². The van der Waals surface area contributed by atoms with Crippen molar-refractivity contribution >= 4 is 23.2 Å². The van der Waals surface area contributed by atoms with Gasteiger partial charge in [0, 0.05) is 31.9 Å². The van der Waals surface area contributed by atoms with Gasteiger partial charge in [0.2, 0.25) is 11.8 Å². The van der Waals surface area contributed by atoms with Gasteiger partial charge in [-0.25, -0.2) is 4.39 Å². The Labute approximate surface area is 154 Å². The first-order valence-electron chi connectivity index (χ1n) is 8.23. The van der Waals surface area contributed by atoms with Gasteiger partial charge in [0.1, 0.15) is 11.5 Å². The van der Waals surface area contributed by atoms with Gasteiger partial charge >= 0.3 is 0 Å². The third-order valence-corrected chi connectivity index (χ3v) is 4.72. The van der Waals surface area contributed by atoms with Gasteiger partial charge in [-0.2, -0.15) is 0 Å². The lowest BCUT2D eigenvalue weighted by Gasteiger charge is -2.31. The number of hydrogen-bond donors (Lipinski definition) is 0. The van der Waals surface area contributed by atoms with E-state index in [0.717, 1.165) is 5.69 Å². The first-order chi connectivity index (χ1) is 12.5. The van der Waals surface area contributed by atoms with E-state index in [4.69, 9.17) is 16.0 Å². The molecule has 2 aromatic heterocycles. The molecule has 0 N–H and O–H groups in total. The molecule has 1 atom stereocenters. The quantitative estimate of drug-likeness (QED) is 0.700. The molecule has 1 amide bonds. The van der Waals surface area contributed by atoms with Crippen LogP contribution in [0.2, 0.25) is 5.02 Å². The number of hydrogen-bond acceptors (Lipinski definition) is 4. The lowest BCUT2D eigenvalue weighted by atomic mass is 9.97. The summed E-state index contributed by atoms with van der Waals surface area (Å²) >= 11 is 6.00. The van der Waals surface area contributed by atoms with Crippen molar-refractivity contribution in [2.24, 2.45) is 7.05 Å². The number of aryl methyl sites for hydroxylation is 1. The summed E-state index contributed by atoms with van der Waals surface area (Å²) < 4.78 is 21.1. The Morgan fingerprint density at radius 1 is 1.31 bits per heavy atom. The van der Waals surface area contributed by atoms with Crippen LogP contribution in [0.25, 0.3) is 11.6 Å². The van der Waals surface area contributed by atoms with Crippen molar-refractivity contribution in [2.75, 3.05) is 11.4 Å². The predicted octanol–water partition coefficient (Wildman–Crippen LogP) is 3.78. The molecule has 1 saturated heterocycles. The van der Waals surface area contributed by atoms with Crippen molar-refractivity contribution in [2.45, 2.75) is 18.8 Å². The summed E-state index contributed by atoms with van der Waals surface area (Å²) in [4.78, 5) is 13.8. The SMILES string of the molecule is Cn1cc(Cl)cc1-c1nnc(C2CCC(=O)N(c3cccc(F)c3)C2)o1. The van der Waals surface area contributed by atoms with Crippen molar-refractivity contribution in [1.82, 2.24) is 14.8 Å². The maximum absolute atomic E-state index is 13.5. The molecule has 0 aliphatic carbocycles. The van der Waals surface area contributed by atoms with Crippen molar-refractivity contribution in [3.8, 4) is 11.6 Å². The summed E-state index contributed by atoms with van der Waals surface area (Å²) in [7, 11) is 1.84. The minimum atomic E-state index is -0.377. The fourth-order valence-corrected chi connectivity index (χ4v) is 3.43. The van der Waals surface area contributed by atoms with Gasteiger partial charge in [0.25, 0.3) is 5.89 Å². The fraction of sp³-hybridized carbons (Fsp3) is 0.278. The Hall–Kier alpha value is -2.67. The standard InChI is InChI=1S/C18H16ClFN4O2/c1-23-10-12(19)7-15(23)18-22-21-17(26-18)11-5-6-16(25)24(9-11)14-4-2-3-13(20)8-14/h2-4,7-8,10-11H,5-6,9H2,1H3. The van der Waals surface area contributed by atoms with Crippen LogP contribution in [0, 0.1) is 5.82 Å². The summed E-state index contributed by atoms with van der Waals surface area (Å²) in [5.74, 6) is 0.321. The molecule has 0 radical (unpaired) electrons. The molecule has 3 heterocycles. The molecular weight excluding hydrogens is 359 g/mol. The Kier molecular flexibility index (Phi) is 4.24. The molecule has 26 heavy (non-hydrogen) atoms. The molecule has 4 rings (SSSR count). The van der Waals surface area contributed by atoms with E-state index >= 15 is 0 Å². The Balaban J connectivity index is 1.59.